The Morgan fingerprint density at radius 1 is 1.39 bits per heavy atom. The number of methoxy groups -OCH3 is 1. The monoisotopic (exact) mass is 247 g/mol. The predicted octanol–water partition coefficient (Wildman–Crippen LogP) is 3.49. The number of aromatic nitrogens is 1. The summed E-state index contributed by atoms with van der Waals surface area (Å²) < 4.78 is 5.13. The summed E-state index contributed by atoms with van der Waals surface area (Å²) in [5.41, 5.74) is 0.771. The molecule has 1 aliphatic rings. The lowest BCUT2D eigenvalue weighted by Crippen LogP contribution is -2.34. The minimum Gasteiger partial charge on any atom is -0.495 e. The Morgan fingerprint density at radius 3 is 2.83 bits per heavy atom. The van der Waals surface area contributed by atoms with Crippen LogP contribution in [0.4, 0.5) is 0 Å². The van der Waals surface area contributed by atoms with Crippen molar-refractivity contribution in [1.29, 1.82) is 0 Å². The Morgan fingerprint density at radius 2 is 2.17 bits per heavy atom. The fraction of sp³-hybridized carbons (Fsp3) is 0.600. The highest BCUT2D eigenvalue weighted by molar-refractivity contribution is 5.98. The smallest absolute Gasteiger partial charge is 0.168 e. The average Bonchev–Trinajstić information content (AvgIpc) is 2.37. The normalized spacial score (nSPS) is 22.5. The first kappa shape index (κ1) is 13.1. The van der Waals surface area contributed by atoms with Crippen molar-refractivity contribution in [1.82, 2.24) is 4.98 Å². The molecule has 1 aromatic heterocycles. The van der Waals surface area contributed by atoms with Gasteiger partial charge in [-0.05, 0) is 24.3 Å². The molecule has 0 aromatic carbocycles. The van der Waals surface area contributed by atoms with Gasteiger partial charge in [0.2, 0.25) is 0 Å². The van der Waals surface area contributed by atoms with Crippen LogP contribution in [-0.2, 0) is 0 Å². The average molecular weight is 247 g/mol. The Labute approximate surface area is 109 Å². The van der Waals surface area contributed by atoms with Crippen LogP contribution < -0.4 is 4.74 Å². The second-order valence-electron chi connectivity index (χ2n) is 5.76. The van der Waals surface area contributed by atoms with Crippen molar-refractivity contribution < 1.29 is 9.53 Å². The third-order valence-electron chi connectivity index (χ3n) is 4.06. The summed E-state index contributed by atoms with van der Waals surface area (Å²) in [6.07, 6.45) is 7.77. The molecule has 18 heavy (non-hydrogen) atoms. The molecule has 98 valence electrons. The van der Waals surface area contributed by atoms with Crippen LogP contribution in [-0.4, -0.2) is 17.9 Å². The van der Waals surface area contributed by atoms with Crippen molar-refractivity contribution >= 4 is 5.78 Å². The van der Waals surface area contributed by atoms with Crippen molar-refractivity contribution in [2.45, 2.75) is 39.5 Å². The lowest BCUT2D eigenvalue weighted by atomic mass is 9.66. The second kappa shape index (κ2) is 5.09. The molecule has 1 aliphatic carbocycles. The van der Waals surface area contributed by atoms with E-state index in [1.54, 1.807) is 25.6 Å². The maximum Gasteiger partial charge on any atom is 0.168 e. The maximum absolute atomic E-state index is 12.6. The van der Waals surface area contributed by atoms with Crippen molar-refractivity contribution in [2.75, 3.05) is 7.11 Å². The molecule has 3 nitrogen and oxygen atoms in total. The van der Waals surface area contributed by atoms with Gasteiger partial charge in [-0.15, -0.1) is 0 Å². The lowest BCUT2D eigenvalue weighted by Gasteiger charge is -2.37. The third kappa shape index (κ3) is 2.55. The summed E-state index contributed by atoms with van der Waals surface area (Å²) in [7, 11) is 1.59. The van der Waals surface area contributed by atoms with Crippen LogP contribution in [0.25, 0.3) is 0 Å². The molecular formula is C15H21NO2. The summed E-state index contributed by atoms with van der Waals surface area (Å²) in [6.45, 7) is 4.39. The quantitative estimate of drug-likeness (QED) is 0.767. The topological polar surface area (TPSA) is 39.2 Å². The Hall–Kier alpha value is -1.38. The number of Topliss-reactive ketones (excluding diaryl/α,β-unsaturated/α-hetero) is 1. The molecule has 1 saturated carbocycles. The van der Waals surface area contributed by atoms with Crippen LogP contribution >= 0.6 is 0 Å². The number of hydrogen-bond acceptors (Lipinski definition) is 3. The number of carbonyl (C=O) groups is 1. The number of rotatable bonds is 3. The van der Waals surface area contributed by atoms with Gasteiger partial charge in [0.1, 0.15) is 5.75 Å². The summed E-state index contributed by atoms with van der Waals surface area (Å²) in [4.78, 5) is 16.7. The number of pyridine rings is 1. The fourth-order valence-electron chi connectivity index (χ4n) is 2.85. The molecule has 0 saturated heterocycles. The van der Waals surface area contributed by atoms with E-state index in [0.717, 1.165) is 19.3 Å². The van der Waals surface area contributed by atoms with Crippen LogP contribution in [0.15, 0.2) is 18.5 Å². The third-order valence-corrected chi connectivity index (χ3v) is 4.06. The molecule has 1 fully saturated rings. The van der Waals surface area contributed by atoms with Gasteiger partial charge in [-0.3, -0.25) is 9.78 Å². The van der Waals surface area contributed by atoms with Crippen LogP contribution in [0.5, 0.6) is 5.75 Å². The minimum atomic E-state index is 0.0956. The van der Waals surface area contributed by atoms with Gasteiger partial charge in [0.05, 0.1) is 13.3 Å². The molecule has 3 heteroatoms. The molecule has 2 rings (SSSR count). The van der Waals surface area contributed by atoms with Gasteiger partial charge < -0.3 is 4.74 Å². The molecule has 0 N–H and O–H groups in total. The lowest BCUT2D eigenvalue weighted by molar-refractivity contribution is 0.0696. The summed E-state index contributed by atoms with van der Waals surface area (Å²) in [5.74, 6) is 0.973. The van der Waals surface area contributed by atoms with Gasteiger partial charge in [0, 0.05) is 17.7 Å². The number of ether oxygens (including phenoxy) is 1. The maximum atomic E-state index is 12.6. The highest BCUT2D eigenvalue weighted by atomic mass is 16.5. The molecule has 0 amide bonds. The van der Waals surface area contributed by atoms with Gasteiger partial charge in [0.25, 0.3) is 0 Å². The molecule has 0 bridgehead atoms. The number of ketones is 1. The van der Waals surface area contributed by atoms with Crippen LogP contribution in [0.2, 0.25) is 0 Å². The van der Waals surface area contributed by atoms with E-state index in [2.05, 4.69) is 18.8 Å². The summed E-state index contributed by atoms with van der Waals surface area (Å²) in [6, 6.07) is 1.79. The summed E-state index contributed by atoms with van der Waals surface area (Å²) >= 11 is 0. The SMILES string of the molecule is COc1cncc(C(=O)C2CCCCC2(C)C)c1. The first-order valence-corrected chi connectivity index (χ1v) is 6.58. The number of nitrogens with zero attached hydrogens (tertiary/aromatic N) is 1. The minimum absolute atomic E-state index is 0.0956. The van der Waals surface area contributed by atoms with Crippen molar-refractivity contribution in [3.05, 3.63) is 24.0 Å². The molecule has 0 aliphatic heterocycles. The van der Waals surface area contributed by atoms with Gasteiger partial charge in [-0.1, -0.05) is 26.7 Å². The molecule has 1 unspecified atom stereocenters. The largest absolute Gasteiger partial charge is 0.495 e. The van der Waals surface area contributed by atoms with Gasteiger partial charge >= 0.3 is 0 Å². The summed E-state index contributed by atoms with van der Waals surface area (Å²) in [5, 5.41) is 0. The van der Waals surface area contributed by atoms with Crippen LogP contribution in [0.1, 0.15) is 49.9 Å². The van der Waals surface area contributed by atoms with Crippen molar-refractivity contribution in [2.24, 2.45) is 11.3 Å². The standard InChI is InChI=1S/C15H21NO2/c1-15(2)7-5-4-6-13(15)14(17)11-8-12(18-3)10-16-9-11/h8-10,13H,4-7H2,1-3H3. The highest BCUT2D eigenvalue weighted by Gasteiger charge is 2.37. The van der Waals surface area contributed by atoms with Crippen LogP contribution in [0.3, 0.4) is 0 Å². The van der Waals surface area contributed by atoms with E-state index in [9.17, 15) is 4.79 Å². The molecule has 1 heterocycles. The van der Waals surface area contributed by atoms with E-state index in [1.165, 1.54) is 6.42 Å². The van der Waals surface area contributed by atoms with E-state index < -0.39 is 0 Å². The number of carbonyl (C=O) groups excluding carboxylic acids is 1. The van der Waals surface area contributed by atoms with E-state index >= 15 is 0 Å². The molecule has 0 radical (unpaired) electrons. The first-order chi connectivity index (χ1) is 8.54. The van der Waals surface area contributed by atoms with Crippen molar-refractivity contribution in [3.8, 4) is 5.75 Å². The molecule has 1 aromatic rings. The van der Waals surface area contributed by atoms with Gasteiger partial charge in [-0.25, -0.2) is 0 Å². The van der Waals surface area contributed by atoms with E-state index in [-0.39, 0.29) is 17.1 Å². The fourth-order valence-corrected chi connectivity index (χ4v) is 2.85. The zero-order chi connectivity index (χ0) is 13.2. The first-order valence-electron chi connectivity index (χ1n) is 6.58. The zero-order valence-corrected chi connectivity index (χ0v) is 11.4. The molecule has 1 atom stereocenters. The highest BCUT2D eigenvalue weighted by Crippen LogP contribution is 2.42. The Balaban J connectivity index is 2.24. The van der Waals surface area contributed by atoms with E-state index in [1.807, 2.05) is 0 Å². The van der Waals surface area contributed by atoms with Crippen molar-refractivity contribution in [3.63, 3.8) is 0 Å². The van der Waals surface area contributed by atoms with E-state index in [0.29, 0.717) is 11.3 Å². The van der Waals surface area contributed by atoms with Gasteiger partial charge in [-0.2, -0.15) is 0 Å². The zero-order valence-electron chi connectivity index (χ0n) is 11.4. The Bertz CT molecular complexity index is 440. The second-order valence-corrected chi connectivity index (χ2v) is 5.76. The molecular weight excluding hydrogens is 226 g/mol. The van der Waals surface area contributed by atoms with E-state index in [4.69, 9.17) is 4.74 Å². The predicted molar refractivity (Wildman–Crippen MR) is 70.9 cm³/mol. The van der Waals surface area contributed by atoms with Gasteiger partial charge in [0.15, 0.2) is 5.78 Å². The number of hydrogen-bond donors (Lipinski definition) is 0. The Kier molecular flexibility index (Phi) is 3.69. The van der Waals surface area contributed by atoms with Crippen LogP contribution in [0, 0.1) is 11.3 Å². The molecule has 0 spiro atoms.